The van der Waals surface area contributed by atoms with E-state index in [9.17, 15) is 14.4 Å². The second-order valence-corrected chi connectivity index (χ2v) is 8.07. The molecule has 3 amide bonds. The Morgan fingerprint density at radius 1 is 1.06 bits per heavy atom. The van der Waals surface area contributed by atoms with Crippen LogP contribution in [0.3, 0.4) is 0 Å². The predicted molar refractivity (Wildman–Crippen MR) is 120 cm³/mol. The number of hydrogen-bond donors (Lipinski definition) is 2. The van der Waals surface area contributed by atoms with Gasteiger partial charge in [0.05, 0.1) is 19.5 Å². The fraction of sp³-hybridized carbons (Fsp3) is 0.261. The molecule has 1 heterocycles. The number of nitrogens with one attached hydrogen (secondary N) is 2. The molecule has 1 unspecified atom stereocenters. The van der Waals surface area contributed by atoms with E-state index in [4.69, 9.17) is 9.47 Å². The van der Waals surface area contributed by atoms with Gasteiger partial charge >= 0.3 is 0 Å². The standard InChI is InChI=1S/C23H24N2O5S/c1-29-18-9-7-16(13-19(18)30-2)8-10-21(26)24-12-11-15-3-5-17(6-4-15)14-20-22(27)25-23(28)31-20/h3-10,13,20H,11-12,14H2,1-2H3,(H,24,26)(H,25,27,28)/b10-8+. The Bertz CT molecular complexity index is 988. The van der Waals surface area contributed by atoms with Crippen molar-refractivity contribution in [3.8, 4) is 11.5 Å². The quantitative estimate of drug-likeness (QED) is 0.583. The second kappa shape index (κ2) is 10.7. The van der Waals surface area contributed by atoms with E-state index in [1.807, 2.05) is 30.3 Å². The molecule has 7 nitrogen and oxygen atoms in total. The molecule has 2 N–H and O–H groups in total. The van der Waals surface area contributed by atoms with Crippen molar-refractivity contribution in [2.45, 2.75) is 18.1 Å². The Morgan fingerprint density at radius 2 is 1.77 bits per heavy atom. The molecule has 1 fully saturated rings. The van der Waals surface area contributed by atoms with Gasteiger partial charge in [0.25, 0.3) is 5.24 Å². The molecule has 0 saturated carbocycles. The van der Waals surface area contributed by atoms with Crippen molar-refractivity contribution in [2.75, 3.05) is 20.8 Å². The number of thioether (sulfide) groups is 1. The fourth-order valence-electron chi connectivity index (χ4n) is 3.10. The molecule has 2 aromatic rings. The van der Waals surface area contributed by atoms with E-state index in [1.54, 1.807) is 32.4 Å². The van der Waals surface area contributed by atoms with Crippen LogP contribution in [-0.2, 0) is 22.4 Å². The summed E-state index contributed by atoms with van der Waals surface area (Å²) in [6.45, 7) is 0.504. The van der Waals surface area contributed by atoms with E-state index in [0.717, 1.165) is 28.5 Å². The lowest BCUT2D eigenvalue weighted by atomic mass is 10.1. The van der Waals surface area contributed by atoms with Crippen molar-refractivity contribution in [1.82, 2.24) is 10.6 Å². The molecule has 31 heavy (non-hydrogen) atoms. The van der Waals surface area contributed by atoms with Crippen LogP contribution in [-0.4, -0.2) is 43.1 Å². The van der Waals surface area contributed by atoms with Gasteiger partial charge in [-0.15, -0.1) is 0 Å². The first kappa shape index (κ1) is 22.4. The molecule has 1 aliphatic rings. The van der Waals surface area contributed by atoms with Crippen LogP contribution in [0.1, 0.15) is 16.7 Å². The third-order valence-corrected chi connectivity index (χ3v) is 5.74. The lowest BCUT2D eigenvalue weighted by Gasteiger charge is -2.08. The first-order valence-electron chi connectivity index (χ1n) is 9.75. The normalized spacial score (nSPS) is 15.7. The smallest absolute Gasteiger partial charge is 0.286 e. The van der Waals surface area contributed by atoms with Gasteiger partial charge in [-0.25, -0.2) is 0 Å². The van der Waals surface area contributed by atoms with Gasteiger partial charge in [0, 0.05) is 12.6 Å². The van der Waals surface area contributed by atoms with Crippen molar-refractivity contribution < 1.29 is 23.9 Å². The number of amides is 3. The molecule has 3 rings (SSSR count). The molecule has 0 aliphatic carbocycles. The fourth-order valence-corrected chi connectivity index (χ4v) is 3.96. The molecule has 0 aromatic heterocycles. The van der Waals surface area contributed by atoms with Gasteiger partial charge in [-0.05, 0) is 47.7 Å². The van der Waals surface area contributed by atoms with Crippen molar-refractivity contribution in [3.05, 3.63) is 65.2 Å². The van der Waals surface area contributed by atoms with Crippen molar-refractivity contribution >= 4 is 34.9 Å². The van der Waals surface area contributed by atoms with Gasteiger partial charge < -0.3 is 14.8 Å². The molecule has 1 aliphatic heterocycles. The lowest BCUT2D eigenvalue weighted by Crippen LogP contribution is -2.25. The zero-order chi connectivity index (χ0) is 22.2. The topological polar surface area (TPSA) is 93.7 Å². The predicted octanol–water partition coefficient (Wildman–Crippen LogP) is 2.97. The summed E-state index contributed by atoms with van der Waals surface area (Å²) in [5.74, 6) is 0.824. The average Bonchev–Trinajstić information content (AvgIpc) is 3.09. The van der Waals surface area contributed by atoms with Crippen LogP contribution in [0.25, 0.3) is 6.08 Å². The van der Waals surface area contributed by atoms with Crippen LogP contribution < -0.4 is 20.1 Å². The summed E-state index contributed by atoms with van der Waals surface area (Å²) in [6.07, 6.45) is 4.40. The SMILES string of the molecule is COc1ccc(/C=C/C(=O)NCCc2ccc(CC3SC(=O)NC3=O)cc2)cc1OC. The minimum Gasteiger partial charge on any atom is -0.493 e. The van der Waals surface area contributed by atoms with E-state index in [0.29, 0.717) is 30.9 Å². The Hall–Kier alpha value is -3.26. The largest absolute Gasteiger partial charge is 0.493 e. The summed E-state index contributed by atoms with van der Waals surface area (Å²) in [5, 5.41) is 4.50. The molecule has 162 valence electrons. The highest BCUT2D eigenvalue weighted by Gasteiger charge is 2.31. The number of methoxy groups -OCH3 is 2. The number of carbonyl (C=O) groups is 3. The Labute approximate surface area is 185 Å². The summed E-state index contributed by atoms with van der Waals surface area (Å²) in [5.41, 5.74) is 2.90. The van der Waals surface area contributed by atoms with Crippen molar-refractivity contribution in [1.29, 1.82) is 0 Å². The molecule has 1 atom stereocenters. The highest BCUT2D eigenvalue weighted by atomic mass is 32.2. The summed E-state index contributed by atoms with van der Waals surface area (Å²) in [7, 11) is 3.14. The summed E-state index contributed by atoms with van der Waals surface area (Å²) in [4.78, 5) is 35.0. The Kier molecular flexibility index (Phi) is 7.72. The number of ether oxygens (including phenoxy) is 2. The third-order valence-electron chi connectivity index (χ3n) is 4.76. The molecule has 0 bridgehead atoms. The van der Waals surface area contributed by atoms with Gasteiger partial charge in [-0.3, -0.25) is 19.7 Å². The van der Waals surface area contributed by atoms with Crippen LogP contribution in [0.5, 0.6) is 11.5 Å². The highest BCUT2D eigenvalue weighted by molar-refractivity contribution is 8.15. The first-order chi connectivity index (χ1) is 15.0. The zero-order valence-corrected chi connectivity index (χ0v) is 18.2. The maximum absolute atomic E-state index is 12.1. The third kappa shape index (κ3) is 6.36. The van der Waals surface area contributed by atoms with E-state index in [2.05, 4.69) is 10.6 Å². The zero-order valence-electron chi connectivity index (χ0n) is 17.3. The van der Waals surface area contributed by atoms with Crippen LogP contribution in [0.2, 0.25) is 0 Å². The number of hydrogen-bond acceptors (Lipinski definition) is 6. The maximum Gasteiger partial charge on any atom is 0.286 e. The average molecular weight is 441 g/mol. The number of imide groups is 1. The summed E-state index contributed by atoms with van der Waals surface area (Å²) >= 11 is 1.03. The maximum atomic E-state index is 12.1. The molecule has 2 aromatic carbocycles. The van der Waals surface area contributed by atoms with Gasteiger partial charge in [0.15, 0.2) is 11.5 Å². The highest BCUT2D eigenvalue weighted by Crippen LogP contribution is 2.28. The van der Waals surface area contributed by atoms with Crippen LogP contribution in [0, 0.1) is 0 Å². The van der Waals surface area contributed by atoms with Gasteiger partial charge in [-0.2, -0.15) is 0 Å². The number of benzene rings is 2. The monoisotopic (exact) mass is 440 g/mol. The van der Waals surface area contributed by atoms with Crippen molar-refractivity contribution in [2.24, 2.45) is 0 Å². The lowest BCUT2D eigenvalue weighted by molar-refractivity contribution is -0.119. The van der Waals surface area contributed by atoms with E-state index >= 15 is 0 Å². The van der Waals surface area contributed by atoms with Gasteiger partial charge in [0.1, 0.15) is 0 Å². The molecule has 8 heteroatoms. The van der Waals surface area contributed by atoms with Gasteiger partial charge in [0.2, 0.25) is 11.8 Å². The van der Waals surface area contributed by atoms with Crippen LogP contribution >= 0.6 is 11.8 Å². The second-order valence-electron chi connectivity index (χ2n) is 6.89. The molecular weight excluding hydrogens is 416 g/mol. The molecular formula is C23H24N2O5S. The summed E-state index contributed by atoms with van der Waals surface area (Å²) < 4.78 is 10.5. The Balaban J connectivity index is 1.44. The van der Waals surface area contributed by atoms with Crippen LogP contribution in [0.4, 0.5) is 4.79 Å². The minimum absolute atomic E-state index is 0.180. The first-order valence-corrected chi connectivity index (χ1v) is 10.6. The van der Waals surface area contributed by atoms with Gasteiger partial charge in [-0.1, -0.05) is 42.1 Å². The van der Waals surface area contributed by atoms with E-state index in [-0.39, 0.29) is 22.3 Å². The number of rotatable bonds is 9. The van der Waals surface area contributed by atoms with Crippen LogP contribution in [0.15, 0.2) is 48.5 Å². The minimum atomic E-state index is -0.366. The van der Waals surface area contributed by atoms with Crippen molar-refractivity contribution in [3.63, 3.8) is 0 Å². The van der Waals surface area contributed by atoms with E-state index < -0.39 is 0 Å². The summed E-state index contributed by atoms with van der Waals surface area (Å²) in [6, 6.07) is 13.3. The molecule has 0 radical (unpaired) electrons. The number of carbonyl (C=O) groups excluding carboxylic acids is 3. The Morgan fingerprint density at radius 3 is 2.42 bits per heavy atom. The van der Waals surface area contributed by atoms with E-state index in [1.165, 1.54) is 6.08 Å². The molecule has 1 saturated heterocycles. The molecule has 0 spiro atoms.